The minimum absolute atomic E-state index is 0.286. The fourth-order valence-corrected chi connectivity index (χ4v) is 2.40. The third kappa shape index (κ3) is 3.82. The van der Waals surface area contributed by atoms with Crippen LogP contribution in [-0.4, -0.2) is 28.5 Å². The van der Waals surface area contributed by atoms with E-state index in [4.69, 9.17) is 10.5 Å². The first-order valence-corrected chi connectivity index (χ1v) is 6.60. The van der Waals surface area contributed by atoms with E-state index < -0.39 is 0 Å². The van der Waals surface area contributed by atoms with Gasteiger partial charge >= 0.3 is 0 Å². The summed E-state index contributed by atoms with van der Waals surface area (Å²) in [4.78, 5) is 0. The third-order valence-corrected chi connectivity index (χ3v) is 3.58. The number of hydrogen-bond donors (Lipinski definition) is 1. The van der Waals surface area contributed by atoms with Crippen LogP contribution in [0.2, 0.25) is 0 Å². The topological polar surface area (TPSA) is 53.1 Å². The third-order valence-electron chi connectivity index (χ3n) is 3.58. The van der Waals surface area contributed by atoms with Gasteiger partial charge in [0.15, 0.2) is 0 Å². The molecule has 17 heavy (non-hydrogen) atoms. The van der Waals surface area contributed by atoms with Gasteiger partial charge in [0.25, 0.3) is 0 Å². The lowest BCUT2D eigenvalue weighted by Crippen LogP contribution is -2.23. The zero-order valence-corrected chi connectivity index (χ0v) is 10.6. The second-order valence-electron chi connectivity index (χ2n) is 4.96. The number of aryl methyl sites for hydroxylation is 2. The van der Waals surface area contributed by atoms with Crippen molar-refractivity contribution in [2.24, 2.45) is 12.8 Å². The van der Waals surface area contributed by atoms with Crippen molar-refractivity contribution in [2.75, 3.05) is 6.61 Å². The van der Waals surface area contributed by atoms with E-state index in [9.17, 15) is 0 Å². The SMILES string of the molecule is Cn1nccc1CCC(N)CCC1CCCO1. The standard InChI is InChI=1S/C13H23N3O/c1-16-12(8-9-15-16)6-4-11(14)5-7-13-3-2-10-17-13/h8-9,11,13H,2-7,10,14H2,1H3. The van der Waals surface area contributed by atoms with Crippen molar-refractivity contribution in [3.05, 3.63) is 18.0 Å². The van der Waals surface area contributed by atoms with Crippen molar-refractivity contribution in [3.8, 4) is 0 Å². The molecule has 0 amide bonds. The molecule has 1 fully saturated rings. The maximum atomic E-state index is 6.13. The fourth-order valence-electron chi connectivity index (χ4n) is 2.40. The van der Waals surface area contributed by atoms with Crippen LogP contribution in [0, 0.1) is 0 Å². The van der Waals surface area contributed by atoms with E-state index in [1.165, 1.54) is 18.5 Å². The zero-order chi connectivity index (χ0) is 12.1. The van der Waals surface area contributed by atoms with Crippen LogP contribution >= 0.6 is 0 Å². The molecule has 4 nitrogen and oxygen atoms in total. The minimum Gasteiger partial charge on any atom is -0.378 e. The molecule has 0 aromatic carbocycles. The van der Waals surface area contributed by atoms with Crippen LogP contribution in [-0.2, 0) is 18.2 Å². The molecule has 0 radical (unpaired) electrons. The van der Waals surface area contributed by atoms with E-state index in [1.54, 1.807) is 0 Å². The number of nitrogens with zero attached hydrogens (tertiary/aromatic N) is 2. The molecule has 0 spiro atoms. The highest BCUT2D eigenvalue weighted by Crippen LogP contribution is 2.18. The Hall–Kier alpha value is -0.870. The lowest BCUT2D eigenvalue weighted by atomic mass is 10.0. The molecule has 2 heterocycles. The molecule has 2 rings (SSSR count). The summed E-state index contributed by atoms with van der Waals surface area (Å²) in [5.74, 6) is 0. The summed E-state index contributed by atoms with van der Waals surface area (Å²) in [5, 5.41) is 4.16. The van der Waals surface area contributed by atoms with Crippen LogP contribution in [0.1, 0.15) is 37.8 Å². The van der Waals surface area contributed by atoms with E-state index in [0.29, 0.717) is 6.10 Å². The van der Waals surface area contributed by atoms with Crippen LogP contribution in [0.15, 0.2) is 12.3 Å². The molecule has 4 heteroatoms. The van der Waals surface area contributed by atoms with Crippen molar-refractivity contribution < 1.29 is 4.74 Å². The Morgan fingerprint density at radius 1 is 1.59 bits per heavy atom. The molecule has 2 unspecified atom stereocenters. The Balaban J connectivity index is 1.63. The lowest BCUT2D eigenvalue weighted by molar-refractivity contribution is 0.100. The number of nitrogens with two attached hydrogens (primary N) is 1. The van der Waals surface area contributed by atoms with Gasteiger partial charge in [-0.05, 0) is 44.6 Å². The van der Waals surface area contributed by atoms with Gasteiger partial charge in [0.05, 0.1) is 6.10 Å². The predicted octanol–water partition coefficient (Wildman–Crippen LogP) is 1.64. The van der Waals surface area contributed by atoms with E-state index in [1.807, 2.05) is 17.9 Å². The number of ether oxygens (including phenoxy) is 1. The first-order chi connectivity index (χ1) is 8.25. The van der Waals surface area contributed by atoms with Gasteiger partial charge in [-0.25, -0.2) is 0 Å². The second-order valence-corrected chi connectivity index (χ2v) is 4.96. The Morgan fingerprint density at radius 2 is 2.47 bits per heavy atom. The van der Waals surface area contributed by atoms with Gasteiger partial charge in [0, 0.05) is 31.6 Å². The van der Waals surface area contributed by atoms with Gasteiger partial charge in [-0.3, -0.25) is 4.68 Å². The molecular formula is C13H23N3O. The zero-order valence-electron chi connectivity index (χ0n) is 10.6. The monoisotopic (exact) mass is 237 g/mol. The normalized spacial score (nSPS) is 21.9. The maximum Gasteiger partial charge on any atom is 0.0576 e. The van der Waals surface area contributed by atoms with Crippen molar-refractivity contribution >= 4 is 0 Å². The highest BCUT2D eigenvalue weighted by molar-refractivity contribution is 5.00. The Labute approximate surface area is 103 Å². The van der Waals surface area contributed by atoms with Crippen molar-refractivity contribution in [3.63, 3.8) is 0 Å². The molecule has 0 aliphatic carbocycles. The molecule has 1 aliphatic rings. The molecule has 0 saturated carbocycles. The van der Waals surface area contributed by atoms with E-state index in [-0.39, 0.29) is 6.04 Å². The second kappa shape index (κ2) is 6.17. The van der Waals surface area contributed by atoms with Crippen molar-refractivity contribution in [1.82, 2.24) is 9.78 Å². The van der Waals surface area contributed by atoms with Gasteiger partial charge in [0.2, 0.25) is 0 Å². The van der Waals surface area contributed by atoms with Crippen LogP contribution in [0.3, 0.4) is 0 Å². The molecule has 1 saturated heterocycles. The van der Waals surface area contributed by atoms with Gasteiger partial charge in [-0.2, -0.15) is 5.10 Å². The Kier molecular flexibility index (Phi) is 4.57. The number of hydrogen-bond acceptors (Lipinski definition) is 3. The van der Waals surface area contributed by atoms with Crippen molar-refractivity contribution in [1.29, 1.82) is 0 Å². The summed E-state index contributed by atoms with van der Waals surface area (Å²) in [6.07, 6.45) is 8.99. The summed E-state index contributed by atoms with van der Waals surface area (Å²) in [7, 11) is 1.98. The molecule has 1 aromatic rings. The number of aromatic nitrogens is 2. The Morgan fingerprint density at radius 3 is 3.12 bits per heavy atom. The molecule has 2 atom stereocenters. The summed E-state index contributed by atoms with van der Waals surface area (Å²) in [6, 6.07) is 2.35. The van der Waals surface area contributed by atoms with E-state index in [0.717, 1.165) is 32.3 Å². The quantitative estimate of drug-likeness (QED) is 0.818. The summed E-state index contributed by atoms with van der Waals surface area (Å²) in [6.45, 7) is 0.939. The summed E-state index contributed by atoms with van der Waals surface area (Å²) in [5.41, 5.74) is 7.39. The van der Waals surface area contributed by atoms with Gasteiger partial charge in [0.1, 0.15) is 0 Å². The molecular weight excluding hydrogens is 214 g/mol. The van der Waals surface area contributed by atoms with E-state index in [2.05, 4.69) is 11.2 Å². The maximum absolute atomic E-state index is 6.13. The first-order valence-electron chi connectivity index (χ1n) is 6.60. The summed E-state index contributed by atoms with van der Waals surface area (Å²) >= 11 is 0. The van der Waals surface area contributed by atoms with Crippen LogP contribution in [0.4, 0.5) is 0 Å². The molecule has 1 aliphatic heterocycles. The fraction of sp³-hybridized carbons (Fsp3) is 0.769. The van der Waals surface area contributed by atoms with Crippen molar-refractivity contribution in [2.45, 2.75) is 50.7 Å². The van der Waals surface area contributed by atoms with Crippen LogP contribution < -0.4 is 5.73 Å². The van der Waals surface area contributed by atoms with Gasteiger partial charge in [-0.1, -0.05) is 0 Å². The molecule has 2 N–H and O–H groups in total. The van der Waals surface area contributed by atoms with Crippen LogP contribution in [0.25, 0.3) is 0 Å². The average Bonchev–Trinajstić information content (AvgIpc) is 2.95. The first kappa shape index (κ1) is 12.6. The Bertz CT molecular complexity index is 331. The van der Waals surface area contributed by atoms with Crippen LogP contribution in [0.5, 0.6) is 0 Å². The highest BCUT2D eigenvalue weighted by atomic mass is 16.5. The van der Waals surface area contributed by atoms with E-state index >= 15 is 0 Å². The van der Waals surface area contributed by atoms with Gasteiger partial charge in [-0.15, -0.1) is 0 Å². The highest BCUT2D eigenvalue weighted by Gasteiger charge is 2.16. The predicted molar refractivity (Wildman–Crippen MR) is 67.7 cm³/mol. The minimum atomic E-state index is 0.286. The summed E-state index contributed by atoms with van der Waals surface area (Å²) < 4.78 is 7.53. The molecule has 96 valence electrons. The lowest BCUT2D eigenvalue weighted by Gasteiger charge is -2.14. The molecule has 0 bridgehead atoms. The smallest absolute Gasteiger partial charge is 0.0576 e. The number of rotatable bonds is 6. The van der Waals surface area contributed by atoms with Gasteiger partial charge < -0.3 is 10.5 Å². The average molecular weight is 237 g/mol. The molecule has 1 aromatic heterocycles. The largest absolute Gasteiger partial charge is 0.378 e.